The van der Waals surface area contributed by atoms with Gasteiger partial charge >= 0.3 is 0 Å². The second kappa shape index (κ2) is 2.77. The van der Waals surface area contributed by atoms with Crippen LogP contribution in [-0.2, 0) is 0 Å². The minimum absolute atomic E-state index is 0.185. The number of likely N-dealkylation sites (N-methyl/N-ethyl adjacent to an activating group) is 1. The molecule has 0 radical (unpaired) electrons. The van der Waals surface area contributed by atoms with Crippen LogP contribution in [0, 0.1) is 11.6 Å². The van der Waals surface area contributed by atoms with Crippen LogP contribution in [0.5, 0.6) is 0 Å². The van der Waals surface area contributed by atoms with E-state index in [0.29, 0.717) is 6.04 Å². The number of halogens is 2. The molecule has 1 aromatic rings. The Morgan fingerprint density at radius 2 is 1.62 bits per heavy atom. The van der Waals surface area contributed by atoms with Crippen molar-refractivity contribution in [3.63, 3.8) is 0 Å². The van der Waals surface area contributed by atoms with Gasteiger partial charge in [0, 0.05) is 12.1 Å². The van der Waals surface area contributed by atoms with Gasteiger partial charge in [0.2, 0.25) is 0 Å². The van der Waals surface area contributed by atoms with E-state index in [4.69, 9.17) is 0 Å². The largest absolute Gasteiger partial charge is 0.293 e. The molecule has 2 rings (SSSR count). The second-order valence-electron chi connectivity index (χ2n) is 3.55. The molecule has 0 spiro atoms. The van der Waals surface area contributed by atoms with E-state index in [1.165, 1.54) is 12.1 Å². The first-order chi connectivity index (χ1) is 6.09. The Morgan fingerprint density at radius 3 is 2.00 bits per heavy atom. The summed E-state index contributed by atoms with van der Waals surface area (Å²) in [5, 5.41) is 0. The second-order valence-corrected chi connectivity index (χ2v) is 3.55. The third kappa shape index (κ3) is 1.44. The van der Waals surface area contributed by atoms with Gasteiger partial charge in [0.05, 0.1) is 6.04 Å². The summed E-state index contributed by atoms with van der Waals surface area (Å²) in [5.74, 6) is -0.995. The van der Waals surface area contributed by atoms with E-state index in [1.807, 2.05) is 14.0 Å². The molecule has 1 heterocycles. The topological polar surface area (TPSA) is 3.01 Å². The highest BCUT2D eigenvalue weighted by Crippen LogP contribution is 2.40. The summed E-state index contributed by atoms with van der Waals surface area (Å²) < 4.78 is 25.6. The predicted molar refractivity (Wildman–Crippen MR) is 46.3 cm³/mol. The van der Waals surface area contributed by atoms with Crippen molar-refractivity contribution in [2.45, 2.75) is 19.0 Å². The Hall–Kier alpha value is -0.960. The van der Waals surface area contributed by atoms with Crippen LogP contribution in [0.25, 0.3) is 0 Å². The highest BCUT2D eigenvalue weighted by atomic mass is 19.1. The lowest BCUT2D eigenvalue weighted by atomic mass is 10.1. The van der Waals surface area contributed by atoms with Crippen LogP contribution in [0.2, 0.25) is 0 Å². The fourth-order valence-corrected chi connectivity index (χ4v) is 1.75. The van der Waals surface area contributed by atoms with Gasteiger partial charge in [-0.2, -0.15) is 0 Å². The van der Waals surface area contributed by atoms with E-state index in [2.05, 4.69) is 4.90 Å². The molecule has 0 aromatic heterocycles. The molecule has 13 heavy (non-hydrogen) atoms. The summed E-state index contributed by atoms with van der Waals surface area (Å²) in [5.41, 5.74) is 0.729. The van der Waals surface area contributed by atoms with E-state index in [9.17, 15) is 8.78 Å². The van der Waals surface area contributed by atoms with Crippen LogP contribution >= 0.6 is 0 Å². The molecule has 0 N–H and O–H groups in total. The molecule has 2 unspecified atom stereocenters. The maximum Gasteiger partial charge on any atom is 0.126 e. The molecule has 70 valence electrons. The average molecular weight is 183 g/mol. The third-order valence-electron chi connectivity index (χ3n) is 2.67. The van der Waals surface area contributed by atoms with Crippen molar-refractivity contribution in [2.75, 3.05) is 7.05 Å². The predicted octanol–water partition coefficient (Wildman–Crippen LogP) is 2.34. The number of benzene rings is 1. The van der Waals surface area contributed by atoms with E-state index in [0.717, 1.165) is 11.6 Å². The molecule has 1 fully saturated rings. The van der Waals surface area contributed by atoms with Gasteiger partial charge in [0.1, 0.15) is 11.6 Å². The Kier molecular flexibility index (Phi) is 1.84. The quantitative estimate of drug-likeness (QED) is 0.604. The number of hydrogen-bond donors (Lipinski definition) is 0. The van der Waals surface area contributed by atoms with Gasteiger partial charge in [-0.25, -0.2) is 8.78 Å². The Morgan fingerprint density at radius 1 is 1.15 bits per heavy atom. The fraction of sp³-hybridized carbons (Fsp3) is 0.400. The van der Waals surface area contributed by atoms with Crippen molar-refractivity contribution in [3.8, 4) is 0 Å². The first-order valence-electron chi connectivity index (χ1n) is 4.27. The smallest absolute Gasteiger partial charge is 0.126 e. The Bertz CT molecular complexity index is 309. The molecule has 3 atom stereocenters. The monoisotopic (exact) mass is 183 g/mol. The summed E-state index contributed by atoms with van der Waals surface area (Å²) in [6, 6.07) is 4.27. The van der Waals surface area contributed by atoms with Crippen molar-refractivity contribution < 1.29 is 8.78 Å². The maximum atomic E-state index is 12.8. The van der Waals surface area contributed by atoms with E-state index in [-0.39, 0.29) is 6.04 Å². The lowest BCUT2D eigenvalue weighted by molar-refractivity contribution is 0.568. The molecule has 0 saturated carbocycles. The molecular formula is C10H11F2N. The van der Waals surface area contributed by atoms with Gasteiger partial charge in [-0.1, -0.05) is 0 Å². The van der Waals surface area contributed by atoms with Gasteiger partial charge in [0.25, 0.3) is 0 Å². The Balaban J connectivity index is 2.31. The summed E-state index contributed by atoms with van der Waals surface area (Å²) in [6.07, 6.45) is 0. The van der Waals surface area contributed by atoms with E-state index >= 15 is 0 Å². The van der Waals surface area contributed by atoms with Crippen LogP contribution in [-0.4, -0.2) is 18.0 Å². The zero-order valence-corrected chi connectivity index (χ0v) is 7.59. The van der Waals surface area contributed by atoms with Gasteiger partial charge in [-0.3, -0.25) is 4.90 Å². The third-order valence-corrected chi connectivity index (χ3v) is 2.67. The number of hydrogen-bond acceptors (Lipinski definition) is 1. The van der Waals surface area contributed by atoms with Crippen molar-refractivity contribution in [1.29, 1.82) is 0 Å². The summed E-state index contributed by atoms with van der Waals surface area (Å²) in [7, 11) is 1.94. The van der Waals surface area contributed by atoms with Crippen LogP contribution < -0.4 is 0 Å². The van der Waals surface area contributed by atoms with Gasteiger partial charge in [-0.15, -0.1) is 0 Å². The Labute approximate surface area is 76.0 Å². The molecule has 0 bridgehead atoms. The highest BCUT2D eigenvalue weighted by molar-refractivity contribution is 5.27. The van der Waals surface area contributed by atoms with Crippen LogP contribution in [0.15, 0.2) is 18.2 Å². The van der Waals surface area contributed by atoms with Crippen molar-refractivity contribution in [1.82, 2.24) is 4.90 Å². The van der Waals surface area contributed by atoms with Crippen molar-refractivity contribution in [2.24, 2.45) is 0 Å². The first-order valence-corrected chi connectivity index (χ1v) is 4.27. The van der Waals surface area contributed by atoms with Gasteiger partial charge in [-0.05, 0) is 31.7 Å². The number of nitrogens with zero attached hydrogens (tertiary/aromatic N) is 1. The SMILES string of the molecule is C[C@@H]1C(c2cc(F)cc(F)c2)N1C. The standard InChI is InChI=1S/C10H11F2N/c1-6-10(13(6)2)7-3-8(11)5-9(12)4-7/h3-6,10H,1-2H3/t6-,10?,13?/m1/s1. The highest BCUT2D eigenvalue weighted by Gasteiger charge is 2.41. The summed E-state index contributed by atoms with van der Waals surface area (Å²) in [6.45, 7) is 2.04. The molecule has 1 aliphatic heterocycles. The number of rotatable bonds is 1. The molecule has 0 aliphatic carbocycles. The van der Waals surface area contributed by atoms with Crippen molar-refractivity contribution >= 4 is 0 Å². The average Bonchev–Trinajstić information content (AvgIpc) is 2.57. The molecule has 1 saturated heterocycles. The molecule has 1 aliphatic rings. The minimum atomic E-state index is -0.498. The van der Waals surface area contributed by atoms with Crippen LogP contribution in [0.4, 0.5) is 8.78 Å². The fourth-order valence-electron chi connectivity index (χ4n) is 1.75. The van der Waals surface area contributed by atoms with E-state index in [1.54, 1.807) is 0 Å². The summed E-state index contributed by atoms with van der Waals surface area (Å²) in [4.78, 5) is 2.06. The molecular weight excluding hydrogens is 172 g/mol. The zero-order valence-electron chi connectivity index (χ0n) is 7.59. The summed E-state index contributed by atoms with van der Waals surface area (Å²) >= 11 is 0. The van der Waals surface area contributed by atoms with Crippen molar-refractivity contribution in [3.05, 3.63) is 35.4 Å². The molecule has 3 heteroatoms. The van der Waals surface area contributed by atoms with Crippen LogP contribution in [0.3, 0.4) is 0 Å². The lowest BCUT2D eigenvalue weighted by Gasteiger charge is -1.99. The zero-order chi connectivity index (χ0) is 9.59. The maximum absolute atomic E-state index is 12.8. The lowest BCUT2D eigenvalue weighted by Crippen LogP contribution is -1.90. The first kappa shape index (κ1) is 8.63. The molecule has 0 amide bonds. The molecule has 1 aromatic carbocycles. The van der Waals surface area contributed by atoms with Crippen LogP contribution in [0.1, 0.15) is 18.5 Å². The van der Waals surface area contributed by atoms with E-state index < -0.39 is 11.6 Å². The minimum Gasteiger partial charge on any atom is -0.293 e. The molecule has 1 nitrogen and oxygen atoms in total. The van der Waals surface area contributed by atoms with Gasteiger partial charge < -0.3 is 0 Å². The van der Waals surface area contributed by atoms with Gasteiger partial charge in [0.15, 0.2) is 0 Å². The normalized spacial score (nSPS) is 31.8.